The average molecular weight is 486 g/mol. The smallest absolute Gasteiger partial charge is 0.348 e. The maximum atomic E-state index is 14.2. The van der Waals surface area contributed by atoms with Crippen LogP contribution in [-0.2, 0) is 11.3 Å². The summed E-state index contributed by atoms with van der Waals surface area (Å²) >= 11 is 0.958. The highest BCUT2D eigenvalue weighted by Gasteiger charge is 2.42. The number of halogens is 1. The molecule has 0 atom stereocenters. The van der Waals surface area contributed by atoms with E-state index in [2.05, 4.69) is 39.1 Å². The minimum atomic E-state index is -1.25. The molecule has 0 unspecified atom stereocenters. The standard InChI is InChI=1S/C24H28FN5O3S/c1-14(2)17-7-10-26-23(30-17)28-12-16-11-19(25)34-20(16)21-27-13-18(15(3)29-21)33-24(22(31)32)8-5-4-6-9-24/h7,10-11,13-14H,4-6,8-9,12H2,1-3H3,(H,31,32)(H,26,28,30). The highest BCUT2D eigenvalue weighted by atomic mass is 32.1. The number of rotatable bonds is 8. The average Bonchev–Trinajstić information content (AvgIpc) is 3.20. The number of nitrogens with one attached hydrogen (secondary N) is 1. The number of carboxylic acids is 1. The fourth-order valence-electron chi connectivity index (χ4n) is 4.03. The molecular formula is C24H28FN5O3S. The van der Waals surface area contributed by atoms with Gasteiger partial charge in [-0.2, -0.15) is 4.39 Å². The Hall–Kier alpha value is -3.14. The molecule has 0 aromatic carbocycles. The van der Waals surface area contributed by atoms with E-state index in [1.54, 1.807) is 13.1 Å². The quantitative estimate of drug-likeness (QED) is 0.440. The van der Waals surface area contributed by atoms with Crippen LogP contribution >= 0.6 is 11.3 Å². The number of anilines is 1. The van der Waals surface area contributed by atoms with E-state index in [1.165, 1.54) is 12.3 Å². The Morgan fingerprint density at radius 1 is 1.26 bits per heavy atom. The zero-order chi connectivity index (χ0) is 24.3. The number of nitrogens with zero attached hydrogens (tertiary/aromatic N) is 4. The summed E-state index contributed by atoms with van der Waals surface area (Å²) in [6, 6.07) is 3.32. The van der Waals surface area contributed by atoms with Crippen LogP contribution in [0.25, 0.3) is 10.7 Å². The molecule has 2 N–H and O–H groups in total. The van der Waals surface area contributed by atoms with Crippen LogP contribution in [0.3, 0.4) is 0 Å². The first-order chi connectivity index (χ1) is 16.3. The number of hydrogen-bond donors (Lipinski definition) is 2. The first kappa shape index (κ1) is 24.0. The molecule has 10 heteroatoms. The van der Waals surface area contributed by atoms with Gasteiger partial charge in [-0.15, -0.1) is 11.3 Å². The van der Waals surface area contributed by atoms with E-state index >= 15 is 0 Å². The molecule has 8 nitrogen and oxygen atoms in total. The van der Waals surface area contributed by atoms with Crippen LogP contribution in [0.2, 0.25) is 0 Å². The third-order valence-electron chi connectivity index (χ3n) is 5.98. The molecule has 0 amide bonds. The lowest BCUT2D eigenvalue weighted by Crippen LogP contribution is -2.46. The summed E-state index contributed by atoms with van der Waals surface area (Å²) in [6.07, 6.45) is 6.70. The van der Waals surface area contributed by atoms with Crippen LogP contribution in [0.15, 0.2) is 24.5 Å². The molecule has 1 saturated carbocycles. The number of thiophene rings is 1. The van der Waals surface area contributed by atoms with Crippen LogP contribution in [0, 0.1) is 12.1 Å². The second-order valence-corrected chi connectivity index (χ2v) is 9.83. The molecule has 3 aromatic rings. The van der Waals surface area contributed by atoms with E-state index < -0.39 is 11.6 Å². The minimum Gasteiger partial charge on any atom is -0.478 e. The van der Waals surface area contributed by atoms with Crippen molar-refractivity contribution in [1.82, 2.24) is 19.9 Å². The van der Waals surface area contributed by atoms with Gasteiger partial charge in [-0.1, -0.05) is 20.3 Å². The van der Waals surface area contributed by atoms with E-state index in [0.29, 0.717) is 53.0 Å². The Balaban J connectivity index is 1.54. The number of ether oxygens (including phenoxy) is 1. The number of carboxylic acid groups (broad SMARTS) is 1. The van der Waals surface area contributed by atoms with Crippen LogP contribution in [0.5, 0.6) is 5.75 Å². The molecule has 3 heterocycles. The molecule has 0 saturated heterocycles. The maximum absolute atomic E-state index is 14.2. The zero-order valence-corrected chi connectivity index (χ0v) is 20.3. The number of hydrogen-bond acceptors (Lipinski definition) is 8. The van der Waals surface area contributed by atoms with Crippen molar-refractivity contribution in [3.63, 3.8) is 0 Å². The largest absolute Gasteiger partial charge is 0.478 e. The van der Waals surface area contributed by atoms with Gasteiger partial charge in [0.25, 0.3) is 0 Å². The predicted octanol–water partition coefficient (Wildman–Crippen LogP) is 5.34. The lowest BCUT2D eigenvalue weighted by molar-refractivity contribution is -0.158. The van der Waals surface area contributed by atoms with Crippen molar-refractivity contribution in [3.05, 3.63) is 46.6 Å². The predicted molar refractivity (Wildman–Crippen MR) is 128 cm³/mol. The van der Waals surface area contributed by atoms with Gasteiger partial charge in [0.2, 0.25) is 11.5 Å². The van der Waals surface area contributed by atoms with Crippen molar-refractivity contribution >= 4 is 23.3 Å². The summed E-state index contributed by atoms with van der Waals surface area (Å²) in [5, 5.41) is 12.6. The molecule has 0 bridgehead atoms. The molecule has 34 heavy (non-hydrogen) atoms. The highest BCUT2D eigenvalue weighted by molar-refractivity contribution is 7.14. The number of aliphatic carboxylic acids is 1. The van der Waals surface area contributed by atoms with Gasteiger partial charge in [0.15, 0.2) is 16.7 Å². The van der Waals surface area contributed by atoms with Gasteiger partial charge in [0.05, 0.1) is 16.8 Å². The first-order valence-electron chi connectivity index (χ1n) is 11.4. The Kier molecular flexibility index (Phi) is 7.06. The Labute approximate surface area is 201 Å². The monoisotopic (exact) mass is 485 g/mol. The van der Waals surface area contributed by atoms with Crippen LogP contribution in [-0.4, -0.2) is 36.6 Å². The summed E-state index contributed by atoms with van der Waals surface area (Å²) in [6.45, 7) is 6.16. The molecule has 1 fully saturated rings. The van der Waals surface area contributed by atoms with E-state index in [9.17, 15) is 14.3 Å². The molecule has 0 radical (unpaired) electrons. The molecule has 1 aliphatic carbocycles. The number of aryl methyl sites for hydroxylation is 1. The SMILES string of the molecule is Cc1nc(-c2sc(F)cc2CNc2nccc(C(C)C)n2)ncc1OC1(C(=O)O)CCCCC1. The lowest BCUT2D eigenvalue weighted by Gasteiger charge is -2.33. The first-order valence-corrected chi connectivity index (χ1v) is 12.2. The highest BCUT2D eigenvalue weighted by Crippen LogP contribution is 2.36. The van der Waals surface area contributed by atoms with E-state index in [-0.39, 0.29) is 11.0 Å². The molecule has 4 rings (SSSR count). The van der Waals surface area contributed by atoms with Crippen LogP contribution < -0.4 is 10.1 Å². The van der Waals surface area contributed by atoms with Gasteiger partial charge in [-0.3, -0.25) is 0 Å². The summed E-state index contributed by atoms with van der Waals surface area (Å²) < 4.78 is 20.2. The van der Waals surface area contributed by atoms with Gasteiger partial charge >= 0.3 is 5.97 Å². The molecule has 0 aliphatic heterocycles. The van der Waals surface area contributed by atoms with Gasteiger partial charge in [0.1, 0.15) is 0 Å². The van der Waals surface area contributed by atoms with Crippen molar-refractivity contribution in [2.24, 2.45) is 0 Å². The molecular weight excluding hydrogens is 457 g/mol. The lowest BCUT2D eigenvalue weighted by atomic mass is 9.84. The van der Waals surface area contributed by atoms with Crippen molar-refractivity contribution < 1.29 is 19.0 Å². The molecule has 0 spiro atoms. The van der Waals surface area contributed by atoms with Crippen molar-refractivity contribution in [2.45, 2.75) is 70.9 Å². The number of aromatic nitrogens is 4. The fraction of sp³-hybridized carbons (Fsp3) is 0.458. The summed E-state index contributed by atoms with van der Waals surface area (Å²) in [5.74, 6) is 0.469. The minimum absolute atomic E-state index is 0.267. The van der Waals surface area contributed by atoms with Gasteiger partial charge in [-0.05, 0) is 56.2 Å². The van der Waals surface area contributed by atoms with Gasteiger partial charge in [-0.25, -0.2) is 24.7 Å². The van der Waals surface area contributed by atoms with Crippen LogP contribution in [0.4, 0.5) is 10.3 Å². The van der Waals surface area contributed by atoms with E-state index in [0.717, 1.165) is 36.3 Å². The summed E-state index contributed by atoms with van der Waals surface area (Å²) in [4.78, 5) is 30.2. The Morgan fingerprint density at radius 2 is 2.03 bits per heavy atom. The third kappa shape index (κ3) is 5.16. The van der Waals surface area contributed by atoms with Crippen molar-refractivity contribution in [2.75, 3.05) is 5.32 Å². The number of carbonyl (C=O) groups is 1. The molecule has 3 aromatic heterocycles. The third-order valence-corrected chi connectivity index (χ3v) is 6.94. The normalized spacial score (nSPS) is 15.3. The summed E-state index contributed by atoms with van der Waals surface area (Å²) in [5.41, 5.74) is 0.865. The second kappa shape index (κ2) is 10.0. The summed E-state index contributed by atoms with van der Waals surface area (Å²) in [7, 11) is 0. The molecule has 180 valence electrons. The van der Waals surface area contributed by atoms with Crippen molar-refractivity contribution in [1.29, 1.82) is 0 Å². The second-order valence-electron chi connectivity index (χ2n) is 8.82. The molecule has 1 aliphatic rings. The topological polar surface area (TPSA) is 110 Å². The van der Waals surface area contributed by atoms with Gasteiger partial charge in [0, 0.05) is 18.4 Å². The van der Waals surface area contributed by atoms with E-state index in [4.69, 9.17) is 4.74 Å². The van der Waals surface area contributed by atoms with Crippen LogP contribution in [0.1, 0.15) is 68.8 Å². The maximum Gasteiger partial charge on any atom is 0.348 e. The Bertz CT molecular complexity index is 1180. The van der Waals surface area contributed by atoms with Gasteiger partial charge < -0.3 is 15.2 Å². The van der Waals surface area contributed by atoms with E-state index in [1.807, 2.05) is 6.07 Å². The van der Waals surface area contributed by atoms with Crippen molar-refractivity contribution in [3.8, 4) is 16.5 Å². The zero-order valence-electron chi connectivity index (χ0n) is 19.5. The fourth-order valence-corrected chi connectivity index (χ4v) is 4.88. The Morgan fingerprint density at radius 3 is 2.71 bits per heavy atom.